The number of carbonyl (C=O) groups excluding carboxylic acids is 1. The molecule has 4 aromatic rings. The van der Waals surface area contributed by atoms with Gasteiger partial charge in [0.2, 0.25) is 6.17 Å². The first-order valence-electron chi connectivity index (χ1n) is 13.1. The van der Waals surface area contributed by atoms with Crippen molar-refractivity contribution in [2.45, 2.75) is 24.6 Å². The van der Waals surface area contributed by atoms with Crippen LogP contribution >= 0.6 is 0 Å². The molecule has 16 heteroatoms. The molecule has 1 amide bonds. The summed E-state index contributed by atoms with van der Waals surface area (Å²) >= 11 is 0. The molecule has 0 aliphatic carbocycles. The number of halogens is 6. The van der Waals surface area contributed by atoms with Gasteiger partial charge in [-0.1, -0.05) is 53.6 Å². The molecule has 10 nitrogen and oxygen atoms in total. The molecule has 44 heavy (non-hydrogen) atoms. The monoisotopic (exact) mass is 617 g/mol. The quantitative estimate of drug-likeness (QED) is 0.296. The van der Waals surface area contributed by atoms with Crippen LogP contribution in [0.3, 0.4) is 0 Å². The largest absolute Gasteiger partial charge is 0.417 e. The fourth-order valence-corrected chi connectivity index (χ4v) is 4.76. The third-order valence-corrected chi connectivity index (χ3v) is 6.85. The maximum Gasteiger partial charge on any atom is 0.417 e. The van der Waals surface area contributed by atoms with Crippen LogP contribution in [0.4, 0.5) is 43.7 Å². The number of hydrogen-bond donors (Lipinski definition) is 2. The second kappa shape index (κ2) is 11.3. The van der Waals surface area contributed by atoms with Gasteiger partial charge in [0, 0.05) is 23.9 Å². The Balaban J connectivity index is 1.34. The van der Waals surface area contributed by atoms with Crippen molar-refractivity contribution >= 4 is 29.0 Å². The number of ether oxygens (including phenoxy) is 1. The minimum absolute atomic E-state index is 0.151. The van der Waals surface area contributed by atoms with Gasteiger partial charge in [0.1, 0.15) is 0 Å². The standard InChI is InChI=1S/C28H21F6N7O3/c29-27(30,31)16-12-19(41-10-11-43-20(14-41)28(32,33)34)22(35-13-16)25-39-40-26(44-25)38-23-24(42)36-18-9-5-4-8-17(18)21(37-23)15-6-2-1-3-7-15/h1-9,12-13,20,23H,10-11,14H2,(H,36,42)(H,38,40)/t20?,23-/m1/s1. The summed E-state index contributed by atoms with van der Waals surface area (Å²) in [6.45, 7) is -1.32. The summed E-state index contributed by atoms with van der Waals surface area (Å²) in [6.07, 6.45) is -12.6. The number of para-hydroxylation sites is 1. The Morgan fingerprint density at radius 2 is 1.73 bits per heavy atom. The average molecular weight is 618 g/mol. The number of aliphatic imine (C=N–C) groups is 1. The molecule has 2 aliphatic rings. The Labute approximate surface area is 244 Å². The summed E-state index contributed by atoms with van der Waals surface area (Å²) in [5.41, 5.74) is 0.598. The summed E-state index contributed by atoms with van der Waals surface area (Å²) in [6, 6.07) is 16.5. The van der Waals surface area contributed by atoms with E-state index in [2.05, 4.69) is 30.8 Å². The van der Waals surface area contributed by atoms with E-state index in [1.807, 2.05) is 30.3 Å². The molecule has 0 spiro atoms. The lowest BCUT2D eigenvalue weighted by atomic mass is 10.0. The zero-order chi connectivity index (χ0) is 31.1. The van der Waals surface area contributed by atoms with Gasteiger partial charge < -0.3 is 24.7 Å². The Bertz CT molecular complexity index is 1710. The van der Waals surface area contributed by atoms with E-state index in [9.17, 15) is 31.1 Å². The molecule has 0 saturated carbocycles. The van der Waals surface area contributed by atoms with E-state index in [0.717, 1.165) is 10.5 Å². The molecule has 2 aromatic heterocycles. The third kappa shape index (κ3) is 5.92. The SMILES string of the molecule is O=C1Nc2ccccc2C(c2ccccc2)=N[C@@H]1Nc1nnc(-c2ncc(C(F)(F)F)cc2N2CCOC(C(F)(F)F)C2)o1. The number of nitrogens with zero attached hydrogens (tertiary/aromatic N) is 5. The van der Waals surface area contributed by atoms with Gasteiger partial charge in [0.25, 0.3) is 11.8 Å². The lowest BCUT2D eigenvalue weighted by Gasteiger charge is -2.35. The Morgan fingerprint density at radius 1 is 0.977 bits per heavy atom. The predicted octanol–water partition coefficient (Wildman–Crippen LogP) is 5.15. The van der Waals surface area contributed by atoms with Crippen molar-refractivity contribution in [1.29, 1.82) is 0 Å². The first-order chi connectivity index (χ1) is 21.0. The van der Waals surface area contributed by atoms with E-state index in [1.165, 1.54) is 0 Å². The highest BCUT2D eigenvalue weighted by atomic mass is 19.4. The first-order valence-corrected chi connectivity index (χ1v) is 13.1. The van der Waals surface area contributed by atoms with Crippen LogP contribution in [0, 0.1) is 0 Å². The number of hydrogen-bond acceptors (Lipinski definition) is 9. The highest BCUT2D eigenvalue weighted by Gasteiger charge is 2.44. The fourth-order valence-electron chi connectivity index (χ4n) is 4.76. The summed E-state index contributed by atoms with van der Waals surface area (Å²) in [5.74, 6) is -0.959. The number of rotatable bonds is 5. The Morgan fingerprint density at radius 3 is 2.48 bits per heavy atom. The number of benzodiazepines with no additional fused rings is 1. The van der Waals surface area contributed by atoms with Gasteiger partial charge in [0.05, 0.1) is 35.8 Å². The summed E-state index contributed by atoms with van der Waals surface area (Å²) in [5, 5.41) is 13.2. The fraction of sp³-hybridized carbons (Fsp3) is 0.250. The number of pyridine rings is 1. The molecule has 2 N–H and O–H groups in total. The summed E-state index contributed by atoms with van der Waals surface area (Å²) in [4.78, 5) is 22.6. The van der Waals surface area contributed by atoms with Crippen molar-refractivity contribution in [3.05, 3.63) is 83.6 Å². The highest BCUT2D eigenvalue weighted by molar-refractivity contribution is 6.19. The number of benzene rings is 2. The zero-order valence-corrected chi connectivity index (χ0v) is 22.4. The van der Waals surface area contributed by atoms with Gasteiger partial charge in [-0.05, 0) is 12.1 Å². The number of aromatic nitrogens is 3. The number of alkyl halides is 6. The molecule has 2 aliphatic heterocycles. The molecule has 1 fully saturated rings. The number of nitrogens with one attached hydrogen (secondary N) is 2. The maximum absolute atomic E-state index is 13.5. The van der Waals surface area contributed by atoms with Crippen LogP contribution in [-0.4, -0.2) is 64.9 Å². The molecule has 1 saturated heterocycles. The van der Waals surface area contributed by atoms with Crippen LogP contribution in [0.5, 0.6) is 0 Å². The average Bonchev–Trinajstić information content (AvgIpc) is 3.42. The van der Waals surface area contributed by atoms with Crippen molar-refractivity contribution in [2.75, 3.05) is 35.2 Å². The van der Waals surface area contributed by atoms with Crippen molar-refractivity contribution in [2.24, 2.45) is 4.99 Å². The number of amides is 1. The van der Waals surface area contributed by atoms with Crippen molar-refractivity contribution in [3.63, 3.8) is 0 Å². The summed E-state index contributed by atoms with van der Waals surface area (Å²) < 4.78 is 91.2. The van der Waals surface area contributed by atoms with Gasteiger partial charge in [-0.25, -0.2) is 9.98 Å². The number of anilines is 3. The molecular formula is C28H21F6N7O3. The minimum atomic E-state index is -4.82. The summed E-state index contributed by atoms with van der Waals surface area (Å²) in [7, 11) is 0. The molecule has 2 aromatic carbocycles. The zero-order valence-electron chi connectivity index (χ0n) is 22.4. The third-order valence-electron chi connectivity index (χ3n) is 6.85. The molecule has 1 unspecified atom stereocenters. The molecule has 228 valence electrons. The Kier molecular flexibility index (Phi) is 7.44. The smallest absolute Gasteiger partial charge is 0.402 e. The minimum Gasteiger partial charge on any atom is -0.402 e. The maximum atomic E-state index is 13.5. The van der Waals surface area contributed by atoms with Crippen molar-refractivity contribution < 1.29 is 40.3 Å². The topological polar surface area (TPSA) is 118 Å². The molecule has 4 heterocycles. The normalized spacial score (nSPS) is 19.1. The van der Waals surface area contributed by atoms with Crippen LogP contribution in [0.2, 0.25) is 0 Å². The van der Waals surface area contributed by atoms with E-state index in [-0.39, 0.29) is 23.9 Å². The highest BCUT2D eigenvalue weighted by Crippen LogP contribution is 2.38. The lowest BCUT2D eigenvalue weighted by molar-refractivity contribution is -0.221. The van der Waals surface area contributed by atoms with Gasteiger partial charge in [-0.15, -0.1) is 5.10 Å². The number of morpholine rings is 1. The van der Waals surface area contributed by atoms with Gasteiger partial charge >= 0.3 is 18.4 Å². The molecule has 6 rings (SSSR count). The van der Waals surface area contributed by atoms with Gasteiger partial charge in [-0.3, -0.25) is 4.79 Å². The van der Waals surface area contributed by atoms with Crippen molar-refractivity contribution in [1.82, 2.24) is 15.2 Å². The number of fused-ring (bicyclic) bond motifs is 1. The van der Waals surface area contributed by atoms with E-state index >= 15 is 0 Å². The van der Waals surface area contributed by atoms with Gasteiger partial charge in [0.15, 0.2) is 11.8 Å². The Hall–Kier alpha value is -4.99. The second-order valence-corrected chi connectivity index (χ2v) is 9.77. The van der Waals surface area contributed by atoms with Crippen LogP contribution < -0.4 is 15.5 Å². The van der Waals surface area contributed by atoms with Crippen LogP contribution in [0.15, 0.2) is 76.3 Å². The van der Waals surface area contributed by atoms with Crippen LogP contribution in [0.1, 0.15) is 16.7 Å². The van der Waals surface area contributed by atoms with E-state index in [0.29, 0.717) is 29.2 Å². The van der Waals surface area contributed by atoms with Crippen LogP contribution in [0.25, 0.3) is 11.6 Å². The van der Waals surface area contributed by atoms with E-state index in [1.54, 1.807) is 24.3 Å². The predicted molar refractivity (Wildman–Crippen MR) is 145 cm³/mol. The molecular weight excluding hydrogens is 596 g/mol. The second-order valence-electron chi connectivity index (χ2n) is 9.77. The van der Waals surface area contributed by atoms with Crippen molar-refractivity contribution in [3.8, 4) is 11.6 Å². The lowest BCUT2D eigenvalue weighted by Crippen LogP contribution is -2.49. The van der Waals surface area contributed by atoms with Gasteiger partial charge in [-0.2, -0.15) is 26.3 Å². The molecule has 0 radical (unpaired) electrons. The molecule has 0 bridgehead atoms. The van der Waals surface area contributed by atoms with Crippen LogP contribution in [-0.2, 0) is 15.7 Å². The van der Waals surface area contributed by atoms with E-state index in [4.69, 9.17) is 9.15 Å². The number of carbonyl (C=O) groups is 1. The first kappa shape index (κ1) is 29.1. The molecule has 2 atom stereocenters. The van der Waals surface area contributed by atoms with E-state index < -0.39 is 55.1 Å².